The zero-order valence-corrected chi connectivity index (χ0v) is 17.7. The molecule has 186 valence electrons. The number of carbonyl (C=O) groups excluding carboxylic acids is 1. The largest absolute Gasteiger partial charge is 0.462 e. The van der Waals surface area contributed by atoms with E-state index < -0.39 is 74.6 Å². The molecule has 13 heteroatoms. The summed E-state index contributed by atoms with van der Waals surface area (Å²) < 4.78 is 21.8. The van der Waals surface area contributed by atoms with Crippen LogP contribution in [0.15, 0.2) is 24.3 Å². The maximum absolute atomic E-state index is 11.1. The quantitative estimate of drug-likeness (QED) is 0.195. The Hall–Kier alpha value is -1.91. The van der Waals surface area contributed by atoms with E-state index in [2.05, 4.69) is 5.32 Å². The van der Waals surface area contributed by atoms with Gasteiger partial charge in [0, 0.05) is 12.6 Å². The van der Waals surface area contributed by atoms with Crippen molar-refractivity contribution in [1.82, 2.24) is 0 Å². The van der Waals surface area contributed by atoms with Gasteiger partial charge in [0.1, 0.15) is 54.6 Å². The standard InChI is InChI=1S/C20H29NO12/c1-8(24)21-9-2-4-10(5-3-9)30-19-17(29)15(27)18(12(7-23)32-19)33-20-16(28)14(26)13(25)11(6-22)31-20/h2-5,11-20,22-23,25-29H,6-7H2,1H3,(H,21,24)/t11?,12?,13?,14?,15?,16-,17?,18-,19+,20+/m1/s1. The highest BCUT2D eigenvalue weighted by molar-refractivity contribution is 5.88. The normalized spacial score (nSPS) is 39.2. The van der Waals surface area contributed by atoms with Gasteiger partial charge in [0.05, 0.1) is 13.2 Å². The number of benzene rings is 1. The third-order valence-corrected chi connectivity index (χ3v) is 5.39. The van der Waals surface area contributed by atoms with Crippen molar-refractivity contribution in [3.8, 4) is 5.75 Å². The molecule has 0 bridgehead atoms. The van der Waals surface area contributed by atoms with Crippen LogP contribution in [0.3, 0.4) is 0 Å². The van der Waals surface area contributed by atoms with Crippen LogP contribution in [0.2, 0.25) is 0 Å². The van der Waals surface area contributed by atoms with Crippen LogP contribution in [0.1, 0.15) is 6.92 Å². The van der Waals surface area contributed by atoms with Crippen LogP contribution in [0.25, 0.3) is 0 Å². The summed E-state index contributed by atoms with van der Waals surface area (Å²) in [5.74, 6) is -0.0144. The van der Waals surface area contributed by atoms with E-state index in [1.807, 2.05) is 0 Å². The SMILES string of the molecule is CC(=O)Nc1ccc(O[C@H]2OC(CO)[C@@H](O[C@@H]3OC(CO)C(O)C(O)[C@H]3O)C(O)C2O)cc1. The number of carbonyl (C=O) groups is 1. The summed E-state index contributed by atoms with van der Waals surface area (Å²) >= 11 is 0. The van der Waals surface area contributed by atoms with Crippen molar-refractivity contribution >= 4 is 11.6 Å². The number of rotatable bonds is 7. The number of nitrogens with one attached hydrogen (secondary N) is 1. The van der Waals surface area contributed by atoms with Crippen LogP contribution in [-0.4, -0.2) is 116 Å². The van der Waals surface area contributed by atoms with Gasteiger partial charge in [-0.2, -0.15) is 0 Å². The lowest BCUT2D eigenvalue weighted by Crippen LogP contribution is -2.65. The van der Waals surface area contributed by atoms with Gasteiger partial charge in [0.15, 0.2) is 6.29 Å². The van der Waals surface area contributed by atoms with Crippen molar-refractivity contribution in [3.05, 3.63) is 24.3 Å². The lowest BCUT2D eigenvalue weighted by Gasteiger charge is -2.45. The van der Waals surface area contributed by atoms with Crippen molar-refractivity contribution in [2.24, 2.45) is 0 Å². The number of hydrogen-bond donors (Lipinski definition) is 8. The van der Waals surface area contributed by atoms with Crippen LogP contribution in [0.5, 0.6) is 5.75 Å². The van der Waals surface area contributed by atoms with Gasteiger partial charge >= 0.3 is 0 Å². The molecule has 1 aromatic carbocycles. The van der Waals surface area contributed by atoms with E-state index in [4.69, 9.17) is 18.9 Å². The summed E-state index contributed by atoms with van der Waals surface area (Å²) in [6.45, 7) is 0.000118. The average Bonchev–Trinajstić information content (AvgIpc) is 2.79. The maximum atomic E-state index is 11.1. The van der Waals surface area contributed by atoms with Crippen molar-refractivity contribution in [2.75, 3.05) is 18.5 Å². The van der Waals surface area contributed by atoms with Crippen molar-refractivity contribution in [2.45, 2.75) is 68.3 Å². The van der Waals surface area contributed by atoms with E-state index in [0.717, 1.165) is 0 Å². The molecule has 3 rings (SSSR count). The lowest BCUT2D eigenvalue weighted by atomic mass is 9.97. The Morgan fingerprint density at radius 3 is 2.00 bits per heavy atom. The Labute approximate surface area is 188 Å². The Morgan fingerprint density at radius 2 is 1.42 bits per heavy atom. The zero-order valence-electron chi connectivity index (χ0n) is 17.7. The molecule has 2 aliphatic rings. The number of aliphatic hydroxyl groups is 7. The van der Waals surface area contributed by atoms with E-state index in [-0.39, 0.29) is 11.7 Å². The minimum Gasteiger partial charge on any atom is -0.462 e. The second kappa shape index (κ2) is 11.0. The van der Waals surface area contributed by atoms with Crippen molar-refractivity contribution < 1.29 is 59.5 Å². The highest BCUT2D eigenvalue weighted by atomic mass is 16.7. The Morgan fingerprint density at radius 1 is 0.848 bits per heavy atom. The van der Waals surface area contributed by atoms with Crippen molar-refractivity contribution in [3.63, 3.8) is 0 Å². The van der Waals surface area contributed by atoms with E-state index in [9.17, 15) is 40.5 Å². The number of aliphatic hydroxyl groups excluding tert-OH is 7. The van der Waals surface area contributed by atoms with Gasteiger partial charge in [-0.1, -0.05) is 0 Å². The Kier molecular flexibility index (Phi) is 8.58. The molecule has 2 fully saturated rings. The Bertz CT molecular complexity index is 775. The number of ether oxygens (including phenoxy) is 4. The molecule has 33 heavy (non-hydrogen) atoms. The molecule has 1 amide bonds. The predicted octanol–water partition coefficient (Wildman–Crippen LogP) is -3.35. The summed E-state index contributed by atoms with van der Waals surface area (Å²) in [5, 5.41) is 72.6. The van der Waals surface area contributed by atoms with Gasteiger partial charge in [0.2, 0.25) is 12.2 Å². The van der Waals surface area contributed by atoms with E-state index in [1.54, 1.807) is 12.1 Å². The fourth-order valence-corrected chi connectivity index (χ4v) is 3.61. The average molecular weight is 475 g/mol. The molecule has 13 nitrogen and oxygen atoms in total. The number of hydrogen-bond acceptors (Lipinski definition) is 12. The van der Waals surface area contributed by atoms with Gasteiger partial charge in [-0.05, 0) is 24.3 Å². The molecule has 0 spiro atoms. The molecular weight excluding hydrogens is 446 g/mol. The van der Waals surface area contributed by atoms with E-state index in [1.165, 1.54) is 19.1 Å². The van der Waals surface area contributed by atoms with Gasteiger partial charge in [0.25, 0.3) is 0 Å². The molecule has 0 aromatic heterocycles. The second-order valence-corrected chi connectivity index (χ2v) is 7.83. The van der Waals surface area contributed by atoms with Crippen LogP contribution in [0.4, 0.5) is 5.69 Å². The summed E-state index contributed by atoms with van der Waals surface area (Å²) in [7, 11) is 0. The second-order valence-electron chi connectivity index (χ2n) is 7.83. The van der Waals surface area contributed by atoms with Crippen LogP contribution in [-0.2, 0) is 19.0 Å². The summed E-state index contributed by atoms with van der Waals surface area (Å²) in [6, 6.07) is 6.10. The first-order chi connectivity index (χ1) is 15.7. The zero-order chi connectivity index (χ0) is 24.3. The molecule has 0 saturated carbocycles. The third-order valence-electron chi connectivity index (χ3n) is 5.39. The highest BCUT2D eigenvalue weighted by Gasteiger charge is 2.51. The van der Waals surface area contributed by atoms with Gasteiger partial charge in [-0.15, -0.1) is 0 Å². The lowest BCUT2D eigenvalue weighted by molar-refractivity contribution is -0.352. The summed E-state index contributed by atoms with van der Waals surface area (Å²) in [4.78, 5) is 11.1. The van der Waals surface area contributed by atoms with Gasteiger partial charge in [-0.25, -0.2) is 0 Å². The van der Waals surface area contributed by atoms with E-state index in [0.29, 0.717) is 5.69 Å². The number of amides is 1. The predicted molar refractivity (Wildman–Crippen MR) is 108 cm³/mol. The molecule has 2 saturated heterocycles. The minimum atomic E-state index is -1.75. The van der Waals surface area contributed by atoms with Gasteiger partial charge in [-0.3, -0.25) is 4.79 Å². The maximum Gasteiger partial charge on any atom is 0.229 e. The number of anilines is 1. The third kappa shape index (κ3) is 5.78. The van der Waals surface area contributed by atoms with Crippen LogP contribution >= 0.6 is 0 Å². The molecule has 6 unspecified atom stereocenters. The van der Waals surface area contributed by atoms with Gasteiger partial charge < -0.3 is 60.0 Å². The first-order valence-electron chi connectivity index (χ1n) is 10.3. The fourth-order valence-electron chi connectivity index (χ4n) is 3.61. The molecule has 8 N–H and O–H groups in total. The Balaban J connectivity index is 1.68. The van der Waals surface area contributed by atoms with Crippen molar-refractivity contribution in [1.29, 1.82) is 0 Å². The molecule has 2 aliphatic heterocycles. The summed E-state index contributed by atoms with van der Waals surface area (Å²) in [5.41, 5.74) is 0.515. The fraction of sp³-hybridized carbons (Fsp3) is 0.650. The molecule has 2 heterocycles. The van der Waals surface area contributed by atoms with Crippen LogP contribution < -0.4 is 10.1 Å². The smallest absolute Gasteiger partial charge is 0.229 e. The minimum absolute atomic E-state index is 0.241. The topological polar surface area (TPSA) is 208 Å². The molecule has 0 aliphatic carbocycles. The molecule has 10 atom stereocenters. The summed E-state index contributed by atoms with van der Waals surface area (Å²) in [6.07, 6.45) is -15.3. The highest BCUT2D eigenvalue weighted by Crippen LogP contribution is 2.30. The van der Waals surface area contributed by atoms with E-state index >= 15 is 0 Å². The molecule has 0 radical (unpaired) electrons. The molecule has 1 aromatic rings. The van der Waals surface area contributed by atoms with Crippen LogP contribution in [0, 0.1) is 0 Å². The molecular formula is C20H29NO12. The first-order valence-corrected chi connectivity index (χ1v) is 10.3. The first kappa shape index (κ1) is 25.7. The monoisotopic (exact) mass is 475 g/mol.